The Morgan fingerprint density at radius 3 is 2.67 bits per heavy atom. The maximum atomic E-state index is 4.54. The second-order valence-corrected chi connectivity index (χ2v) is 5.20. The average molecular weight is 305 g/mol. The van der Waals surface area contributed by atoms with Gasteiger partial charge in [0, 0.05) is 12.6 Å². The fraction of sp³-hybridized carbons (Fsp3) is 0.231. The standard InChI is InChI=1S/C13H13BrN4/c1-7-15-12(13(14)16-7)9-4-5-11-10(6-9)17-8(2)18(11)3/h4-6H,1-3H3,(H,15,16). The highest BCUT2D eigenvalue weighted by molar-refractivity contribution is 9.10. The van der Waals surface area contributed by atoms with Crippen LogP contribution in [0.25, 0.3) is 22.3 Å². The number of hydrogen-bond acceptors (Lipinski definition) is 2. The van der Waals surface area contributed by atoms with E-state index < -0.39 is 0 Å². The molecule has 5 heteroatoms. The van der Waals surface area contributed by atoms with E-state index in [-0.39, 0.29) is 0 Å². The van der Waals surface area contributed by atoms with Gasteiger partial charge < -0.3 is 9.55 Å². The van der Waals surface area contributed by atoms with Crippen molar-refractivity contribution in [2.45, 2.75) is 13.8 Å². The predicted molar refractivity (Wildman–Crippen MR) is 75.5 cm³/mol. The fourth-order valence-electron chi connectivity index (χ4n) is 2.12. The molecular weight excluding hydrogens is 292 g/mol. The summed E-state index contributed by atoms with van der Waals surface area (Å²) in [5, 5.41) is 0. The van der Waals surface area contributed by atoms with E-state index in [9.17, 15) is 0 Å². The molecule has 0 spiro atoms. The highest BCUT2D eigenvalue weighted by Gasteiger charge is 2.11. The van der Waals surface area contributed by atoms with Gasteiger partial charge in [0.2, 0.25) is 0 Å². The average Bonchev–Trinajstić information content (AvgIpc) is 2.80. The summed E-state index contributed by atoms with van der Waals surface area (Å²) >= 11 is 3.49. The smallest absolute Gasteiger partial charge is 0.110 e. The third-order valence-corrected chi connectivity index (χ3v) is 3.73. The zero-order valence-electron chi connectivity index (χ0n) is 10.5. The molecule has 4 nitrogen and oxygen atoms in total. The maximum absolute atomic E-state index is 4.54. The van der Waals surface area contributed by atoms with Crippen LogP contribution in [0.4, 0.5) is 0 Å². The molecule has 3 rings (SSSR count). The number of fused-ring (bicyclic) bond motifs is 1. The predicted octanol–water partition coefficient (Wildman–Crippen LogP) is 3.34. The van der Waals surface area contributed by atoms with E-state index in [2.05, 4.69) is 53.6 Å². The lowest BCUT2D eigenvalue weighted by atomic mass is 10.1. The summed E-state index contributed by atoms with van der Waals surface area (Å²) < 4.78 is 3.00. The van der Waals surface area contributed by atoms with E-state index in [0.29, 0.717) is 0 Å². The fourth-order valence-corrected chi connectivity index (χ4v) is 2.73. The summed E-state index contributed by atoms with van der Waals surface area (Å²) in [6.07, 6.45) is 0. The van der Waals surface area contributed by atoms with Crippen LogP contribution in [0.5, 0.6) is 0 Å². The van der Waals surface area contributed by atoms with Crippen LogP contribution in [0, 0.1) is 13.8 Å². The number of rotatable bonds is 1. The van der Waals surface area contributed by atoms with Crippen LogP contribution in [-0.2, 0) is 7.05 Å². The SMILES string of the molecule is Cc1nc(-c2ccc3c(c2)nc(C)n3C)c(Br)[nH]1. The van der Waals surface area contributed by atoms with Crippen LogP contribution in [0.15, 0.2) is 22.8 Å². The van der Waals surface area contributed by atoms with Crippen molar-refractivity contribution in [3.8, 4) is 11.3 Å². The largest absolute Gasteiger partial charge is 0.336 e. The molecule has 1 aromatic carbocycles. The minimum atomic E-state index is 0.897. The van der Waals surface area contributed by atoms with E-state index in [0.717, 1.165) is 38.5 Å². The minimum Gasteiger partial charge on any atom is -0.336 e. The van der Waals surface area contributed by atoms with E-state index in [1.165, 1.54) is 0 Å². The van der Waals surface area contributed by atoms with Crippen molar-refractivity contribution in [3.05, 3.63) is 34.5 Å². The van der Waals surface area contributed by atoms with E-state index in [4.69, 9.17) is 0 Å². The second kappa shape index (κ2) is 3.95. The number of aromatic amines is 1. The molecule has 0 aliphatic carbocycles. The van der Waals surface area contributed by atoms with Gasteiger partial charge in [-0.05, 0) is 41.9 Å². The van der Waals surface area contributed by atoms with Gasteiger partial charge in [-0.3, -0.25) is 0 Å². The normalized spacial score (nSPS) is 11.3. The van der Waals surface area contributed by atoms with E-state index in [1.807, 2.05) is 20.9 Å². The second-order valence-electron chi connectivity index (χ2n) is 4.41. The zero-order chi connectivity index (χ0) is 12.9. The first-order valence-corrected chi connectivity index (χ1v) is 6.51. The summed E-state index contributed by atoms with van der Waals surface area (Å²) in [6.45, 7) is 3.95. The number of halogens is 1. The van der Waals surface area contributed by atoms with Crippen molar-refractivity contribution < 1.29 is 0 Å². The summed E-state index contributed by atoms with van der Waals surface area (Å²) in [5.74, 6) is 1.91. The molecule has 0 amide bonds. The first-order valence-electron chi connectivity index (χ1n) is 5.72. The molecule has 92 valence electrons. The number of nitrogens with zero attached hydrogens (tertiary/aromatic N) is 3. The molecule has 0 aliphatic heterocycles. The highest BCUT2D eigenvalue weighted by Crippen LogP contribution is 2.28. The molecule has 0 saturated carbocycles. The molecule has 3 aromatic rings. The first-order chi connectivity index (χ1) is 8.56. The molecule has 2 heterocycles. The van der Waals surface area contributed by atoms with Gasteiger partial charge in [-0.2, -0.15) is 0 Å². The molecule has 2 aromatic heterocycles. The van der Waals surface area contributed by atoms with Crippen LogP contribution in [0.3, 0.4) is 0 Å². The minimum absolute atomic E-state index is 0.897. The van der Waals surface area contributed by atoms with Crippen LogP contribution in [0.1, 0.15) is 11.6 Å². The Morgan fingerprint density at radius 2 is 2.00 bits per heavy atom. The van der Waals surface area contributed by atoms with Gasteiger partial charge in [-0.25, -0.2) is 9.97 Å². The Kier molecular flexibility index (Phi) is 2.52. The number of H-pyrrole nitrogens is 1. The molecule has 1 N–H and O–H groups in total. The summed E-state index contributed by atoms with van der Waals surface area (Å²) in [4.78, 5) is 12.2. The molecular formula is C13H13BrN4. The van der Waals surface area contributed by atoms with Gasteiger partial charge in [-0.15, -0.1) is 0 Å². The molecule has 0 saturated heterocycles. The Balaban J connectivity index is 2.22. The number of imidazole rings is 2. The quantitative estimate of drug-likeness (QED) is 0.749. The maximum Gasteiger partial charge on any atom is 0.110 e. The molecule has 18 heavy (non-hydrogen) atoms. The van der Waals surface area contributed by atoms with Crippen molar-refractivity contribution in [2.75, 3.05) is 0 Å². The number of aromatic nitrogens is 4. The Labute approximate surface area is 113 Å². The zero-order valence-corrected chi connectivity index (χ0v) is 12.0. The van der Waals surface area contributed by atoms with Crippen molar-refractivity contribution in [3.63, 3.8) is 0 Å². The van der Waals surface area contributed by atoms with Gasteiger partial charge in [0.05, 0.1) is 11.0 Å². The van der Waals surface area contributed by atoms with Crippen LogP contribution >= 0.6 is 15.9 Å². The van der Waals surface area contributed by atoms with E-state index >= 15 is 0 Å². The van der Waals surface area contributed by atoms with E-state index in [1.54, 1.807) is 0 Å². The Morgan fingerprint density at radius 1 is 1.22 bits per heavy atom. The molecule has 0 aliphatic rings. The molecule has 0 fully saturated rings. The number of benzene rings is 1. The molecule has 0 bridgehead atoms. The number of nitrogens with one attached hydrogen (secondary N) is 1. The lowest BCUT2D eigenvalue weighted by Crippen LogP contribution is -1.89. The Bertz CT molecular complexity index is 739. The molecule has 0 unspecified atom stereocenters. The van der Waals surface area contributed by atoms with Crippen molar-refractivity contribution in [1.82, 2.24) is 19.5 Å². The lowest BCUT2D eigenvalue weighted by Gasteiger charge is -1.99. The van der Waals surface area contributed by atoms with Gasteiger partial charge in [0.25, 0.3) is 0 Å². The number of hydrogen-bond donors (Lipinski definition) is 1. The third-order valence-electron chi connectivity index (χ3n) is 3.16. The van der Waals surface area contributed by atoms with Crippen molar-refractivity contribution in [1.29, 1.82) is 0 Å². The van der Waals surface area contributed by atoms with Crippen molar-refractivity contribution >= 4 is 27.0 Å². The van der Waals surface area contributed by atoms with Crippen LogP contribution < -0.4 is 0 Å². The molecule has 0 radical (unpaired) electrons. The van der Waals surface area contributed by atoms with Gasteiger partial charge in [0.15, 0.2) is 0 Å². The monoisotopic (exact) mass is 304 g/mol. The molecule has 0 atom stereocenters. The van der Waals surface area contributed by atoms with Gasteiger partial charge >= 0.3 is 0 Å². The lowest BCUT2D eigenvalue weighted by molar-refractivity contribution is 0.886. The van der Waals surface area contributed by atoms with Crippen LogP contribution in [-0.4, -0.2) is 19.5 Å². The summed E-state index contributed by atoms with van der Waals surface area (Å²) in [6, 6.07) is 6.23. The summed E-state index contributed by atoms with van der Waals surface area (Å²) in [7, 11) is 2.03. The topological polar surface area (TPSA) is 46.5 Å². The summed E-state index contributed by atoms with van der Waals surface area (Å²) in [5.41, 5.74) is 4.13. The third kappa shape index (κ3) is 1.66. The Hall–Kier alpha value is -1.62. The highest BCUT2D eigenvalue weighted by atomic mass is 79.9. The number of aryl methyl sites for hydroxylation is 3. The first kappa shape index (κ1) is 11.5. The van der Waals surface area contributed by atoms with Gasteiger partial charge in [0.1, 0.15) is 21.9 Å². The van der Waals surface area contributed by atoms with Crippen molar-refractivity contribution in [2.24, 2.45) is 7.05 Å². The van der Waals surface area contributed by atoms with Gasteiger partial charge in [-0.1, -0.05) is 6.07 Å². The van der Waals surface area contributed by atoms with Crippen LogP contribution in [0.2, 0.25) is 0 Å².